The van der Waals surface area contributed by atoms with E-state index in [0.717, 1.165) is 5.56 Å². The molecule has 0 spiro atoms. The van der Waals surface area contributed by atoms with Crippen molar-refractivity contribution in [2.75, 3.05) is 31.7 Å². The summed E-state index contributed by atoms with van der Waals surface area (Å²) in [6, 6.07) is 4.89. The van der Waals surface area contributed by atoms with E-state index in [1.165, 1.54) is 11.8 Å². The van der Waals surface area contributed by atoms with Crippen LogP contribution >= 0.6 is 0 Å². The van der Waals surface area contributed by atoms with Crippen LogP contribution in [0.2, 0.25) is 0 Å². The van der Waals surface area contributed by atoms with Gasteiger partial charge in [-0.3, -0.25) is 28.9 Å². The van der Waals surface area contributed by atoms with Crippen molar-refractivity contribution in [3.05, 3.63) is 29.8 Å². The number of imide groups is 1. The first-order chi connectivity index (χ1) is 22.9. The first-order valence-corrected chi connectivity index (χ1v) is 17.2. The molecule has 13 nitrogen and oxygen atoms in total. The summed E-state index contributed by atoms with van der Waals surface area (Å²) in [5.41, 5.74) is -0.116. The Bertz CT molecular complexity index is 1340. The number of ether oxygens (including phenoxy) is 3. The van der Waals surface area contributed by atoms with Gasteiger partial charge in [0, 0.05) is 5.69 Å². The van der Waals surface area contributed by atoms with Crippen LogP contribution in [0.15, 0.2) is 24.3 Å². The fraction of sp³-hybridized carbons (Fsp3) is 0.676. The number of nitrogens with zero attached hydrogens (tertiary/aromatic N) is 1. The summed E-state index contributed by atoms with van der Waals surface area (Å²) in [6.07, 6.45) is -0.834. The average molecular weight is 703 g/mol. The molecule has 1 aromatic carbocycles. The number of hydrogen-bond donors (Lipinski definition) is 3. The summed E-state index contributed by atoms with van der Waals surface area (Å²) in [7, 11) is 0. The Kier molecular flexibility index (Phi) is 14.6. The number of anilines is 1. The predicted octanol–water partition coefficient (Wildman–Crippen LogP) is 4.68. The predicted molar refractivity (Wildman–Crippen MR) is 188 cm³/mol. The zero-order valence-corrected chi connectivity index (χ0v) is 31.9. The van der Waals surface area contributed by atoms with Gasteiger partial charge in [-0.25, -0.2) is 4.79 Å². The number of alkyl carbamates (subject to hydrolysis) is 1. The van der Waals surface area contributed by atoms with Gasteiger partial charge in [-0.2, -0.15) is 0 Å². The maximum absolute atomic E-state index is 13.2. The smallest absolute Gasteiger partial charge is 0.407 e. The van der Waals surface area contributed by atoms with Gasteiger partial charge in [0.05, 0.1) is 37.0 Å². The molecule has 1 heterocycles. The van der Waals surface area contributed by atoms with Gasteiger partial charge in [-0.05, 0) is 62.1 Å². The fourth-order valence-electron chi connectivity index (χ4n) is 5.51. The highest BCUT2D eigenvalue weighted by molar-refractivity contribution is 6.05. The molecule has 3 N–H and O–H groups in total. The van der Waals surface area contributed by atoms with Gasteiger partial charge >= 0.3 is 12.1 Å². The fourth-order valence-corrected chi connectivity index (χ4v) is 5.51. The standard InChI is InChI=1S/C37H58N4O9/c1-22(2)28(30(43)38-23(3)29(42)39-25-15-13-24(14-16-25)21-50-33(46)37(10,11)12)40-34(47)49-20-19-48-18-17-41-31(44)26(35(4,5)6)27(32(41)45)36(7,8)9/h13-16,22-23,26-28H,17-21H2,1-12H3,(H,38,43)(H,39,42)(H,40,47)/t23-,26?,27?,28-/m0/s1. The Morgan fingerprint density at radius 2 is 1.28 bits per heavy atom. The maximum atomic E-state index is 13.2. The number of nitrogens with one attached hydrogen (secondary N) is 3. The summed E-state index contributed by atoms with van der Waals surface area (Å²) in [5, 5.41) is 7.89. The molecule has 1 aliphatic heterocycles. The zero-order chi connectivity index (χ0) is 38.2. The van der Waals surface area contributed by atoms with E-state index in [4.69, 9.17) is 14.2 Å². The second-order valence-corrected chi connectivity index (χ2v) is 16.4. The van der Waals surface area contributed by atoms with Crippen LogP contribution in [0.25, 0.3) is 0 Å². The summed E-state index contributed by atoms with van der Waals surface area (Å²) in [5.74, 6) is -2.92. The van der Waals surface area contributed by atoms with E-state index in [0.29, 0.717) is 5.69 Å². The summed E-state index contributed by atoms with van der Waals surface area (Å²) >= 11 is 0. The number of benzene rings is 1. The van der Waals surface area contributed by atoms with Crippen LogP contribution in [0.5, 0.6) is 0 Å². The van der Waals surface area contributed by atoms with Gasteiger partial charge in [-0.15, -0.1) is 0 Å². The average Bonchev–Trinajstić information content (AvgIpc) is 3.26. The van der Waals surface area contributed by atoms with Crippen molar-refractivity contribution in [2.24, 2.45) is 34.0 Å². The van der Waals surface area contributed by atoms with Crippen molar-refractivity contribution in [3.8, 4) is 0 Å². The zero-order valence-electron chi connectivity index (χ0n) is 31.9. The Morgan fingerprint density at radius 3 is 1.76 bits per heavy atom. The van der Waals surface area contributed by atoms with Crippen LogP contribution < -0.4 is 16.0 Å². The third-order valence-electron chi connectivity index (χ3n) is 8.36. The quantitative estimate of drug-likeness (QED) is 0.142. The Morgan fingerprint density at radius 1 is 0.740 bits per heavy atom. The van der Waals surface area contributed by atoms with E-state index in [2.05, 4.69) is 16.0 Å². The van der Waals surface area contributed by atoms with E-state index in [-0.39, 0.29) is 67.5 Å². The van der Waals surface area contributed by atoms with E-state index < -0.39 is 47.2 Å². The second kappa shape index (κ2) is 17.3. The number of hydrogen-bond acceptors (Lipinski definition) is 9. The van der Waals surface area contributed by atoms with Gasteiger partial charge in [0.25, 0.3) is 0 Å². The van der Waals surface area contributed by atoms with E-state index in [1.807, 2.05) is 41.5 Å². The van der Waals surface area contributed by atoms with Gasteiger partial charge in [0.2, 0.25) is 23.6 Å². The lowest BCUT2D eigenvalue weighted by Gasteiger charge is -2.35. The van der Waals surface area contributed by atoms with Crippen LogP contribution in [0, 0.1) is 34.0 Å². The highest BCUT2D eigenvalue weighted by Gasteiger charge is 2.56. The minimum atomic E-state index is -0.979. The van der Waals surface area contributed by atoms with E-state index >= 15 is 0 Å². The number of rotatable bonds is 14. The molecule has 0 aromatic heterocycles. The molecule has 2 rings (SSSR count). The molecular formula is C37H58N4O9. The monoisotopic (exact) mass is 702 g/mol. The molecule has 0 aliphatic carbocycles. The lowest BCUT2D eigenvalue weighted by atomic mass is 9.65. The van der Waals surface area contributed by atoms with Crippen LogP contribution in [0.3, 0.4) is 0 Å². The molecule has 0 radical (unpaired) electrons. The molecule has 5 amide bonds. The number of likely N-dealkylation sites (tertiary alicyclic amines) is 1. The normalized spacial score (nSPS) is 18.1. The minimum absolute atomic E-state index is 0.0217. The summed E-state index contributed by atoms with van der Waals surface area (Å²) in [4.78, 5) is 78.0. The molecule has 0 bridgehead atoms. The summed E-state index contributed by atoms with van der Waals surface area (Å²) in [6.45, 7) is 22.3. The van der Waals surface area contributed by atoms with Crippen LogP contribution in [0.4, 0.5) is 10.5 Å². The van der Waals surface area contributed by atoms with Crippen molar-refractivity contribution in [3.63, 3.8) is 0 Å². The molecule has 1 fully saturated rings. The lowest BCUT2D eigenvalue weighted by molar-refractivity contribution is -0.154. The Hall–Kier alpha value is -4.00. The van der Waals surface area contributed by atoms with Crippen molar-refractivity contribution in [1.82, 2.24) is 15.5 Å². The van der Waals surface area contributed by atoms with Crippen molar-refractivity contribution in [2.45, 2.75) is 102 Å². The van der Waals surface area contributed by atoms with Crippen molar-refractivity contribution < 1.29 is 43.0 Å². The van der Waals surface area contributed by atoms with Crippen molar-refractivity contribution >= 4 is 41.4 Å². The number of carbonyl (C=O) groups is 6. The molecule has 1 aromatic rings. The molecule has 13 heteroatoms. The molecule has 1 aliphatic rings. The van der Waals surface area contributed by atoms with Gasteiger partial charge in [0.1, 0.15) is 25.3 Å². The van der Waals surface area contributed by atoms with E-state index in [9.17, 15) is 28.8 Å². The maximum Gasteiger partial charge on any atom is 0.407 e. The number of carbonyl (C=O) groups excluding carboxylic acids is 6. The third kappa shape index (κ3) is 12.1. The van der Waals surface area contributed by atoms with Crippen LogP contribution in [-0.2, 0) is 44.8 Å². The largest absolute Gasteiger partial charge is 0.460 e. The molecule has 1 saturated heterocycles. The van der Waals surface area contributed by atoms with Gasteiger partial charge in [0.15, 0.2) is 0 Å². The topological polar surface area (TPSA) is 169 Å². The summed E-state index contributed by atoms with van der Waals surface area (Å²) < 4.78 is 16.1. The lowest BCUT2D eigenvalue weighted by Crippen LogP contribution is -2.53. The number of amides is 5. The highest BCUT2D eigenvalue weighted by Crippen LogP contribution is 2.47. The van der Waals surface area contributed by atoms with Gasteiger partial charge < -0.3 is 30.2 Å². The van der Waals surface area contributed by atoms with Crippen LogP contribution in [-0.4, -0.2) is 79.0 Å². The highest BCUT2D eigenvalue weighted by atomic mass is 16.6. The Labute approximate surface area is 296 Å². The number of esters is 1. The third-order valence-corrected chi connectivity index (χ3v) is 8.36. The first kappa shape index (κ1) is 42.2. The van der Waals surface area contributed by atoms with Crippen LogP contribution in [0.1, 0.15) is 88.6 Å². The SMILES string of the molecule is CC(C)[C@H](NC(=O)OCCOCCN1C(=O)C(C(C)(C)C)C(C(C)(C)C)C1=O)C(=O)N[C@@H](C)C(=O)Nc1ccc(COC(=O)C(C)(C)C)cc1. The molecule has 0 saturated carbocycles. The minimum Gasteiger partial charge on any atom is -0.460 e. The molecular weight excluding hydrogens is 644 g/mol. The molecule has 280 valence electrons. The van der Waals surface area contributed by atoms with E-state index in [1.54, 1.807) is 58.9 Å². The van der Waals surface area contributed by atoms with Gasteiger partial charge in [-0.1, -0.05) is 67.5 Å². The molecule has 2 unspecified atom stereocenters. The first-order valence-electron chi connectivity index (χ1n) is 17.2. The van der Waals surface area contributed by atoms with Crippen molar-refractivity contribution in [1.29, 1.82) is 0 Å². The molecule has 50 heavy (non-hydrogen) atoms. The molecule has 4 atom stereocenters. The second-order valence-electron chi connectivity index (χ2n) is 16.4. The Balaban J connectivity index is 1.79.